The maximum atomic E-state index is 6.15. The fraction of sp³-hybridized carbons (Fsp3) is 0.571. The van der Waals surface area contributed by atoms with Crippen molar-refractivity contribution in [2.75, 3.05) is 19.8 Å². The maximum Gasteiger partial charge on any atom is 0.126 e. The van der Waals surface area contributed by atoms with Crippen molar-refractivity contribution in [2.24, 2.45) is 5.16 Å². The van der Waals surface area contributed by atoms with Crippen LogP contribution in [0.2, 0.25) is 0 Å². The second kappa shape index (κ2) is 12.9. The number of ether oxygens (including phenoxy) is 2. The SMILES string of the molecule is CCCc1cc(OCC=C(Cl)Cl)cc(C(C)C)c1OCCCON=C(C)C. The second-order valence-electron chi connectivity index (χ2n) is 6.78. The van der Waals surface area contributed by atoms with E-state index in [1.165, 1.54) is 0 Å². The number of hydrogen-bond donors (Lipinski definition) is 0. The zero-order chi connectivity index (χ0) is 20.2. The van der Waals surface area contributed by atoms with Gasteiger partial charge in [0, 0.05) is 12.0 Å². The standard InChI is InChI=1S/C21H31Cl2NO3/c1-6-8-17-13-18(25-12-9-20(22)23)14-19(15(2)3)21(17)26-10-7-11-27-24-16(4)5/h9,13-15H,6-8,10-12H2,1-5H3. The van der Waals surface area contributed by atoms with E-state index < -0.39 is 0 Å². The van der Waals surface area contributed by atoms with Crippen LogP contribution in [0, 0.1) is 0 Å². The molecule has 152 valence electrons. The highest BCUT2D eigenvalue weighted by atomic mass is 35.5. The molecule has 6 heteroatoms. The Morgan fingerprint density at radius 3 is 2.48 bits per heavy atom. The molecule has 0 aliphatic carbocycles. The quantitative estimate of drug-likeness (QED) is 0.218. The Labute approximate surface area is 173 Å². The van der Waals surface area contributed by atoms with E-state index in [0.717, 1.165) is 47.6 Å². The van der Waals surface area contributed by atoms with Gasteiger partial charge in [0.15, 0.2) is 0 Å². The van der Waals surface area contributed by atoms with Crippen LogP contribution >= 0.6 is 23.2 Å². The number of oxime groups is 1. The normalized spacial score (nSPS) is 10.5. The first kappa shape index (κ1) is 23.6. The minimum absolute atomic E-state index is 0.206. The molecular formula is C21H31Cl2NO3. The van der Waals surface area contributed by atoms with Gasteiger partial charge in [-0.15, -0.1) is 0 Å². The minimum atomic E-state index is 0.206. The molecule has 1 aromatic carbocycles. The molecule has 4 nitrogen and oxygen atoms in total. The van der Waals surface area contributed by atoms with Crippen molar-refractivity contribution in [1.82, 2.24) is 0 Å². The van der Waals surface area contributed by atoms with Gasteiger partial charge in [-0.05, 0) is 50.0 Å². The fourth-order valence-electron chi connectivity index (χ4n) is 2.50. The summed E-state index contributed by atoms with van der Waals surface area (Å²) in [5.41, 5.74) is 3.20. The molecule has 27 heavy (non-hydrogen) atoms. The van der Waals surface area contributed by atoms with Gasteiger partial charge < -0.3 is 14.3 Å². The molecule has 0 saturated heterocycles. The summed E-state index contributed by atoms with van der Waals surface area (Å²) in [4.78, 5) is 5.23. The Morgan fingerprint density at radius 1 is 1.15 bits per heavy atom. The topological polar surface area (TPSA) is 40.0 Å². The summed E-state index contributed by atoms with van der Waals surface area (Å²) < 4.78 is 12.1. The van der Waals surface area contributed by atoms with Crippen molar-refractivity contribution in [3.63, 3.8) is 0 Å². The average Bonchev–Trinajstić information content (AvgIpc) is 2.58. The zero-order valence-electron chi connectivity index (χ0n) is 17.0. The van der Waals surface area contributed by atoms with Crippen molar-refractivity contribution in [2.45, 2.75) is 59.8 Å². The molecule has 0 aliphatic rings. The van der Waals surface area contributed by atoms with E-state index in [2.05, 4.69) is 25.9 Å². The van der Waals surface area contributed by atoms with Gasteiger partial charge in [-0.25, -0.2) is 0 Å². The number of benzene rings is 1. The molecule has 1 rings (SSSR count). The van der Waals surface area contributed by atoms with Crippen LogP contribution < -0.4 is 9.47 Å². The van der Waals surface area contributed by atoms with Crippen LogP contribution in [0.25, 0.3) is 0 Å². The molecule has 0 aromatic heterocycles. The molecule has 0 amide bonds. The predicted molar refractivity (Wildman–Crippen MR) is 115 cm³/mol. The Morgan fingerprint density at radius 2 is 1.89 bits per heavy atom. The maximum absolute atomic E-state index is 6.15. The first-order chi connectivity index (χ1) is 12.8. The smallest absolute Gasteiger partial charge is 0.126 e. The van der Waals surface area contributed by atoms with Gasteiger partial charge in [-0.3, -0.25) is 0 Å². The van der Waals surface area contributed by atoms with E-state index >= 15 is 0 Å². The molecule has 0 saturated carbocycles. The number of halogens is 2. The number of nitrogens with zero attached hydrogens (tertiary/aromatic N) is 1. The first-order valence-corrected chi connectivity index (χ1v) is 10.2. The summed E-state index contributed by atoms with van der Waals surface area (Å²) in [6.07, 6.45) is 4.35. The lowest BCUT2D eigenvalue weighted by molar-refractivity contribution is 0.127. The Hall–Kier alpha value is -1.39. The predicted octanol–water partition coefficient (Wildman–Crippen LogP) is 6.64. The van der Waals surface area contributed by atoms with Crippen molar-refractivity contribution in [1.29, 1.82) is 0 Å². The van der Waals surface area contributed by atoms with Crippen LogP contribution in [0.4, 0.5) is 0 Å². The van der Waals surface area contributed by atoms with Crippen LogP contribution in [-0.2, 0) is 11.3 Å². The Kier molecular flexibility index (Phi) is 11.3. The Balaban J connectivity index is 2.89. The molecule has 0 radical (unpaired) electrons. The highest BCUT2D eigenvalue weighted by Crippen LogP contribution is 2.35. The molecular weight excluding hydrogens is 385 g/mol. The van der Waals surface area contributed by atoms with E-state index in [-0.39, 0.29) is 4.49 Å². The number of rotatable bonds is 12. The lowest BCUT2D eigenvalue weighted by Gasteiger charge is -2.20. The van der Waals surface area contributed by atoms with E-state index in [1.54, 1.807) is 6.08 Å². The molecule has 0 atom stereocenters. The summed E-state index contributed by atoms with van der Waals surface area (Å²) in [5, 5.41) is 3.94. The molecule has 0 fully saturated rings. The van der Waals surface area contributed by atoms with Crippen LogP contribution in [0.15, 0.2) is 27.9 Å². The lowest BCUT2D eigenvalue weighted by atomic mass is 9.96. The van der Waals surface area contributed by atoms with E-state index in [1.807, 2.05) is 26.0 Å². The first-order valence-electron chi connectivity index (χ1n) is 9.41. The van der Waals surface area contributed by atoms with Gasteiger partial charge in [0.05, 0.1) is 12.3 Å². The van der Waals surface area contributed by atoms with Crippen molar-refractivity contribution < 1.29 is 14.3 Å². The van der Waals surface area contributed by atoms with E-state index in [9.17, 15) is 0 Å². The fourth-order valence-corrected chi connectivity index (χ4v) is 2.63. The third-order valence-corrected chi connectivity index (χ3v) is 3.98. The van der Waals surface area contributed by atoms with Gasteiger partial charge in [-0.2, -0.15) is 0 Å². The molecule has 0 unspecified atom stereocenters. The molecule has 0 aliphatic heterocycles. The molecule has 0 bridgehead atoms. The van der Waals surface area contributed by atoms with Gasteiger partial charge in [-0.1, -0.05) is 55.5 Å². The highest BCUT2D eigenvalue weighted by Gasteiger charge is 2.15. The third-order valence-electron chi connectivity index (χ3n) is 3.67. The zero-order valence-corrected chi connectivity index (χ0v) is 18.5. The molecule has 0 N–H and O–H groups in total. The van der Waals surface area contributed by atoms with E-state index in [4.69, 9.17) is 37.5 Å². The van der Waals surface area contributed by atoms with E-state index in [0.29, 0.717) is 25.7 Å². The van der Waals surface area contributed by atoms with Gasteiger partial charge in [0.2, 0.25) is 0 Å². The van der Waals surface area contributed by atoms with Crippen molar-refractivity contribution in [3.05, 3.63) is 33.8 Å². The van der Waals surface area contributed by atoms with Crippen LogP contribution in [-0.4, -0.2) is 25.5 Å². The monoisotopic (exact) mass is 415 g/mol. The molecule has 0 heterocycles. The number of hydrogen-bond acceptors (Lipinski definition) is 4. The average molecular weight is 416 g/mol. The van der Waals surface area contributed by atoms with Crippen LogP contribution in [0.3, 0.4) is 0 Å². The highest BCUT2D eigenvalue weighted by molar-refractivity contribution is 6.55. The summed E-state index contributed by atoms with van der Waals surface area (Å²) >= 11 is 11.3. The van der Waals surface area contributed by atoms with Gasteiger partial charge in [0.25, 0.3) is 0 Å². The Bertz CT molecular complexity index is 635. The molecule has 0 spiro atoms. The van der Waals surface area contributed by atoms with Crippen molar-refractivity contribution >= 4 is 28.9 Å². The van der Waals surface area contributed by atoms with Gasteiger partial charge in [0.1, 0.15) is 29.2 Å². The van der Waals surface area contributed by atoms with Crippen molar-refractivity contribution in [3.8, 4) is 11.5 Å². The summed E-state index contributed by atoms with van der Waals surface area (Å²) in [6, 6.07) is 4.08. The van der Waals surface area contributed by atoms with Crippen LogP contribution in [0.5, 0.6) is 11.5 Å². The summed E-state index contributed by atoms with van der Waals surface area (Å²) in [5.74, 6) is 2.08. The lowest BCUT2D eigenvalue weighted by Crippen LogP contribution is -2.08. The van der Waals surface area contributed by atoms with Crippen LogP contribution in [0.1, 0.15) is 64.5 Å². The minimum Gasteiger partial charge on any atom is -0.493 e. The summed E-state index contributed by atoms with van der Waals surface area (Å²) in [6.45, 7) is 11.7. The number of aryl methyl sites for hydroxylation is 1. The third kappa shape index (κ3) is 9.39. The largest absolute Gasteiger partial charge is 0.493 e. The second-order valence-corrected chi connectivity index (χ2v) is 7.79. The van der Waals surface area contributed by atoms with Gasteiger partial charge >= 0.3 is 0 Å². The molecule has 1 aromatic rings. The summed E-state index contributed by atoms with van der Waals surface area (Å²) in [7, 11) is 0.